The van der Waals surface area contributed by atoms with Crippen molar-refractivity contribution in [1.29, 1.82) is 0 Å². The van der Waals surface area contributed by atoms with E-state index in [2.05, 4.69) is 17.9 Å². The summed E-state index contributed by atoms with van der Waals surface area (Å²) in [5.74, 6) is 0.862. The molecule has 2 aliphatic rings. The number of aliphatic hydroxyl groups is 1. The third kappa shape index (κ3) is 3.49. The maximum Gasteiger partial charge on any atom is 0.150 e. The van der Waals surface area contributed by atoms with Crippen molar-refractivity contribution in [2.75, 3.05) is 31.3 Å². The third-order valence-electron chi connectivity index (χ3n) is 5.85. The van der Waals surface area contributed by atoms with Crippen molar-refractivity contribution < 1.29 is 14.6 Å². The van der Waals surface area contributed by atoms with Crippen LogP contribution >= 0.6 is 11.5 Å². The van der Waals surface area contributed by atoms with Gasteiger partial charge in [0.25, 0.3) is 0 Å². The van der Waals surface area contributed by atoms with Crippen LogP contribution in [0.25, 0.3) is 21.6 Å². The van der Waals surface area contributed by atoms with Gasteiger partial charge in [0.05, 0.1) is 42.0 Å². The van der Waals surface area contributed by atoms with Gasteiger partial charge in [0.1, 0.15) is 17.0 Å². The molecule has 0 aromatic carbocycles. The van der Waals surface area contributed by atoms with Crippen molar-refractivity contribution in [3.8, 4) is 11.4 Å². The number of fused-ring (bicyclic) bond motifs is 1. The molecular formula is C21H27N5O3S. The Labute approximate surface area is 179 Å². The molecule has 0 aliphatic carbocycles. The number of rotatable bonds is 4. The molecule has 2 atom stereocenters. The fourth-order valence-corrected chi connectivity index (χ4v) is 5.13. The average Bonchev–Trinajstić information content (AvgIpc) is 3.37. The van der Waals surface area contributed by atoms with Gasteiger partial charge in [0.15, 0.2) is 6.23 Å². The van der Waals surface area contributed by atoms with E-state index in [0.717, 1.165) is 71.1 Å². The van der Waals surface area contributed by atoms with Gasteiger partial charge in [-0.3, -0.25) is 0 Å². The van der Waals surface area contributed by atoms with Crippen LogP contribution < -0.4 is 4.90 Å². The number of anilines is 1. The molecule has 1 N–H and O–H groups in total. The van der Waals surface area contributed by atoms with Crippen LogP contribution in [-0.2, 0) is 16.1 Å². The monoisotopic (exact) mass is 429 g/mol. The van der Waals surface area contributed by atoms with Crippen LogP contribution in [0.5, 0.6) is 0 Å². The summed E-state index contributed by atoms with van der Waals surface area (Å²) >= 11 is 1.38. The van der Waals surface area contributed by atoms with E-state index in [1.807, 2.05) is 17.7 Å². The summed E-state index contributed by atoms with van der Waals surface area (Å²) in [5, 5.41) is 14.8. The molecule has 160 valence electrons. The summed E-state index contributed by atoms with van der Waals surface area (Å²) in [4.78, 5) is 7.26. The van der Waals surface area contributed by atoms with Gasteiger partial charge in [-0.1, -0.05) is 0 Å². The second-order valence-electron chi connectivity index (χ2n) is 8.06. The maximum absolute atomic E-state index is 10.0. The Kier molecular flexibility index (Phi) is 5.44. The maximum atomic E-state index is 10.0. The summed E-state index contributed by atoms with van der Waals surface area (Å²) in [6, 6.07) is 4.27. The molecule has 0 radical (unpaired) electrons. The fraction of sp³-hybridized carbons (Fsp3) is 0.571. The number of aliphatic hydroxyl groups excluding tert-OH is 1. The second kappa shape index (κ2) is 8.22. The minimum atomic E-state index is -0.0704. The zero-order valence-electron chi connectivity index (χ0n) is 17.4. The molecule has 9 heteroatoms. The molecule has 0 spiro atoms. The van der Waals surface area contributed by atoms with Crippen molar-refractivity contribution in [1.82, 2.24) is 19.1 Å². The van der Waals surface area contributed by atoms with E-state index in [-0.39, 0.29) is 18.9 Å². The van der Waals surface area contributed by atoms with E-state index < -0.39 is 0 Å². The molecule has 3 aromatic heterocycles. The van der Waals surface area contributed by atoms with Crippen molar-refractivity contribution >= 4 is 27.6 Å². The molecule has 3 aromatic rings. The lowest BCUT2D eigenvalue weighted by atomic mass is 10.1. The molecule has 2 aliphatic heterocycles. The van der Waals surface area contributed by atoms with E-state index in [0.29, 0.717) is 13.2 Å². The Morgan fingerprint density at radius 1 is 1.27 bits per heavy atom. The van der Waals surface area contributed by atoms with Gasteiger partial charge in [0, 0.05) is 18.7 Å². The van der Waals surface area contributed by atoms with E-state index in [9.17, 15) is 5.11 Å². The molecule has 8 nitrogen and oxygen atoms in total. The highest BCUT2D eigenvalue weighted by molar-refractivity contribution is 7.13. The van der Waals surface area contributed by atoms with Crippen LogP contribution in [-0.4, -0.2) is 56.7 Å². The molecule has 0 amide bonds. The normalized spacial score (nSPS) is 22.7. The fourth-order valence-electron chi connectivity index (χ4n) is 4.30. The average molecular weight is 430 g/mol. The second-order valence-corrected chi connectivity index (χ2v) is 8.83. The van der Waals surface area contributed by atoms with Crippen molar-refractivity contribution in [3.05, 3.63) is 23.4 Å². The number of pyridine rings is 1. The number of hydrogen-bond acceptors (Lipinski definition) is 8. The van der Waals surface area contributed by atoms with Gasteiger partial charge in [-0.05, 0) is 56.8 Å². The van der Waals surface area contributed by atoms with Crippen LogP contribution in [0, 0.1) is 6.92 Å². The first-order chi connectivity index (χ1) is 14.7. The van der Waals surface area contributed by atoms with Gasteiger partial charge < -0.3 is 19.5 Å². The van der Waals surface area contributed by atoms with Gasteiger partial charge in [0.2, 0.25) is 0 Å². The quantitative estimate of drug-likeness (QED) is 0.681. The molecule has 0 bridgehead atoms. The highest BCUT2D eigenvalue weighted by Gasteiger charge is 2.26. The Bertz CT molecular complexity index is 1040. The van der Waals surface area contributed by atoms with Crippen molar-refractivity contribution in [2.24, 2.45) is 0 Å². The molecule has 2 fully saturated rings. The lowest BCUT2D eigenvalue weighted by Gasteiger charge is -2.34. The first-order valence-corrected chi connectivity index (χ1v) is 11.4. The molecule has 30 heavy (non-hydrogen) atoms. The number of nitrogens with zero attached hydrogens (tertiary/aromatic N) is 5. The number of ether oxygens (including phenoxy) is 2. The highest BCUT2D eigenvalue weighted by Crippen LogP contribution is 2.37. The number of aromatic nitrogens is 4. The molecule has 2 unspecified atom stereocenters. The molecule has 5 heterocycles. The van der Waals surface area contributed by atoms with Crippen LogP contribution in [0.1, 0.15) is 43.7 Å². The summed E-state index contributed by atoms with van der Waals surface area (Å²) in [5.41, 5.74) is 4.34. The van der Waals surface area contributed by atoms with Crippen LogP contribution in [0.2, 0.25) is 0 Å². The van der Waals surface area contributed by atoms with E-state index in [1.165, 1.54) is 11.5 Å². The van der Waals surface area contributed by atoms with Crippen molar-refractivity contribution in [2.45, 2.75) is 52.0 Å². The smallest absolute Gasteiger partial charge is 0.150 e. The van der Waals surface area contributed by atoms with E-state index in [4.69, 9.17) is 23.9 Å². The first kappa shape index (κ1) is 19.9. The largest absolute Gasteiger partial charge is 0.392 e. The predicted molar refractivity (Wildman–Crippen MR) is 116 cm³/mol. The summed E-state index contributed by atoms with van der Waals surface area (Å²) in [6.45, 7) is 6.97. The molecule has 2 saturated heterocycles. The summed E-state index contributed by atoms with van der Waals surface area (Å²) in [7, 11) is 0. The van der Waals surface area contributed by atoms with Gasteiger partial charge in [-0.15, -0.1) is 0 Å². The van der Waals surface area contributed by atoms with Crippen LogP contribution in [0.3, 0.4) is 0 Å². The van der Waals surface area contributed by atoms with E-state index in [1.54, 1.807) is 0 Å². The number of hydrogen-bond donors (Lipinski definition) is 1. The van der Waals surface area contributed by atoms with Crippen molar-refractivity contribution in [3.63, 3.8) is 0 Å². The predicted octanol–water partition coefficient (Wildman–Crippen LogP) is 3.28. The summed E-state index contributed by atoms with van der Waals surface area (Å²) < 4.78 is 19.2. The molecule has 5 rings (SSSR count). The van der Waals surface area contributed by atoms with Crippen LogP contribution in [0.15, 0.2) is 12.1 Å². The lowest BCUT2D eigenvalue weighted by molar-refractivity contribution is -0.0385. The SMILES string of the molecule is Cc1cc(-c2nsc3c(CO)cc(N4CCOCC4C)nc23)n(C2CCCCO2)n1. The standard InChI is InChI=1S/C21H27N5O3S/c1-13-9-16(26(23-13)18-5-3-4-7-29-18)19-20-21(30-24-19)15(11-27)10-17(22-20)25-6-8-28-12-14(25)2/h9-10,14,18,27H,3-8,11-12H2,1-2H3. The molecular weight excluding hydrogens is 402 g/mol. The Morgan fingerprint density at radius 3 is 2.93 bits per heavy atom. The topological polar surface area (TPSA) is 85.5 Å². The Morgan fingerprint density at radius 2 is 2.17 bits per heavy atom. The van der Waals surface area contributed by atoms with Gasteiger partial charge in [-0.2, -0.15) is 9.47 Å². The first-order valence-electron chi connectivity index (χ1n) is 10.6. The Hall–Kier alpha value is -2.07. The van der Waals surface area contributed by atoms with Gasteiger partial charge in [-0.25, -0.2) is 9.67 Å². The Balaban J connectivity index is 1.63. The minimum Gasteiger partial charge on any atom is -0.392 e. The highest BCUT2D eigenvalue weighted by atomic mass is 32.1. The van der Waals surface area contributed by atoms with Crippen LogP contribution in [0.4, 0.5) is 5.82 Å². The lowest BCUT2D eigenvalue weighted by Crippen LogP contribution is -2.44. The zero-order chi connectivity index (χ0) is 20.7. The molecule has 0 saturated carbocycles. The van der Waals surface area contributed by atoms with E-state index >= 15 is 0 Å². The third-order valence-corrected chi connectivity index (χ3v) is 6.76. The minimum absolute atomic E-state index is 0.0452. The van der Waals surface area contributed by atoms with Gasteiger partial charge >= 0.3 is 0 Å². The zero-order valence-corrected chi connectivity index (χ0v) is 18.2. The number of aryl methyl sites for hydroxylation is 1. The number of morpholine rings is 1. The summed E-state index contributed by atoms with van der Waals surface area (Å²) in [6.07, 6.45) is 3.10.